The molecule has 19 heavy (non-hydrogen) atoms. The van der Waals surface area contributed by atoms with Crippen molar-refractivity contribution in [3.8, 4) is 0 Å². The number of rotatable bonds is 9. The second kappa shape index (κ2) is 8.52. The standard InChI is InChI=1S/C12H17FN2O4/c1-18-4-5-19-3-2-14-9-10-6-11(13)8-12(7-10)15(16)17/h6-8,14H,2-5,9H2,1H3. The lowest BCUT2D eigenvalue weighted by Crippen LogP contribution is -2.20. The predicted molar refractivity (Wildman–Crippen MR) is 67.5 cm³/mol. The molecule has 0 fully saturated rings. The summed E-state index contributed by atoms with van der Waals surface area (Å²) in [6.45, 7) is 2.49. The highest BCUT2D eigenvalue weighted by atomic mass is 19.1. The molecule has 0 aliphatic heterocycles. The first-order valence-electron chi connectivity index (χ1n) is 5.84. The number of nitrogens with zero attached hydrogens (tertiary/aromatic N) is 1. The molecule has 0 heterocycles. The van der Waals surface area contributed by atoms with Gasteiger partial charge in [-0.3, -0.25) is 10.1 Å². The molecule has 6 nitrogen and oxygen atoms in total. The quantitative estimate of drug-likeness (QED) is 0.419. The lowest BCUT2D eigenvalue weighted by molar-refractivity contribution is -0.385. The fourth-order valence-corrected chi connectivity index (χ4v) is 1.46. The number of ether oxygens (including phenoxy) is 2. The van der Waals surface area contributed by atoms with E-state index in [1.165, 1.54) is 12.1 Å². The van der Waals surface area contributed by atoms with Gasteiger partial charge in [-0.2, -0.15) is 0 Å². The van der Waals surface area contributed by atoms with Gasteiger partial charge in [-0.25, -0.2) is 4.39 Å². The van der Waals surface area contributed by atoms with Crippen molar-refractivity contribution in [2.24, 2.45) is 0 Å². The Kier molecular flexibility index (Phi) is 6.94. The smallest absolute Gasteiger partial charge is 0.272 e. The number of nitro groups is 1. The van der Waals surface area contributed by atoms with Gasteiger partial charge in [-0.05, 0) is 11.6 Å². The number of halogens is 1. The van der Waals surface area contributed by atoms with Crippen LogP contribution in [-0.4, -0.2) is 38.4 Å². The fourth-order valence-electron chi connectivity index (χ4n) is 1.46. The molecule has 0 radical (unpaired) electrons. The van der Waals surface area contributed by atoms with E-state index in [1.807, 2.05) is 0 Å². The van der Waals surface area contributed by atoms with Crippen molar-refractivity contribution in [2.45, 2.75) is 6.54 Å². The van der Waals surface area contributed by atoms with E-state index in [4.69, 9.17) is 9.47 Å². The van der Waals surface area contributed by atoms with Gasteiger partial charge in [0.15, 0.2) is 0 Å². The van der Waals surface area contributed by atoms with E-state index in [-0.39, 0.29) is 5.69 Å². The number of benzene rings is 1. The SMILES string of the molecule is COCCOCCNCc1cc(F)cc([N+](=O)[O-])c1. The number of hydrogen-bond donors (Lipinski definition) is 1. The molecule has 0 saturated heterocycles. The minimum Gasteiger partial charge on any atom is -0.382 e. The highest BCUT2D eigenvalue weighted by molar-refractivity contribution is 5.35. The summed E-state index contributed by atoms with van der Waals surface area (Å²) in [5, 5.41) is 13.6. The Hall–Kier alpha value is -1.57. The third-order valence-corrected chi connectivity index (χ3v) is 2.34. The van der Waals surface area contributed by atoms with Gasteiger partial charge in [0.2, 0.25) is 0 Å². The first kappa shape index (κ1) is 15.5. The van der Waals surface area contributed by atoms with Crippen LogP contribution >= 0.6 is 0 Å². The van der Waals surface area contributed by atoms with Crippen LogP contribution in [0.4, 0.5) is 10.1 Å². The topological polar surface area (TPSA) is 73.6 Å². The molecule has 0 aromatic heterocycles. The van der Waals surface area contributed by atoms with Crippen LogP contribution in [0.2, 0.25) is 0 Å². The number of hydrogen-bond acceptors (Lipinski definition) is 5. The van der Waals surface area contributed by atoms with E-state index in [1.54, 1.807) is 7.11 Å². The molecular weight excluding hydrogens is 255 g/mol. The van der Waals surface area contributed by atoms with Gasteiger partial charge in [0.25, 0.3) is 5.69 Å². The van der Waals surface area contributed by atoms with Gasteiger partial charge in [0, 0.05) is 26.3 Å². The summed E-state index contributed by atoms with van der Waals surface area (Å²) in [6.07, 6.45) is 0. The van der Waals surface area contributed by atoms with Crippen molar-refractivity contribution in [1.29, 1.82) is 0 Å². The Balaban J connectivity index is 2.31. The van der Waals surface area contributed by atoms with Gasteiger partial charge in [-0.15, -0.1) is 0 Å². The summed E-state index contributed by atoms with van der Waals surface area (Å²) in [5.74, 6) is -0.609. The normalized spacial score (nSPS) is 10.6. The molecule has 0 aliphatic rings. The molecule has 1 rings (SSSR count). The largest absolute Gasteiger partial charge is 0.382 e. The van der Waals surface area contributed by atoms with Crippen LogP contribution in [0.15, 0.2) is 18.2 Å². The molecule has 0 aliphatic carbocycles. The van der Waals surface area contributed by atoms with E-state index in [0.29, 0.717) is 38.5 Å². The lowest BCUT2D eigenvalue weighted by Gasteiger charge is -2.06. The van der Waals surface area contributed by atoms with Crippen LogP contribution in [0.25, 0.3) is 0 Å². The second-order valence-electron chi connectivity index (χ2n) is 3.86. The molecule has 0 saturated carbocycles. The maximum atomic E-state index is 13.1. The van der Waals surface area contributed by atoms with Crippen LogP contribution in [0.1, 0.15) is 5.56 Å². The molecule has 1 aromatic rings. The summed E-state index contributed by atoms with van der Waals surface area (Å²) >= 11 is 0. The Labute approximate surface area is 110 Å². The van der Waals surface area contributed by atoms with Crippen molar-refractivity contribution in [2.75, 3.05) is 33.5 Å². The molecular formula is C12H17FN2O4. The van der Waals surface area contributed by atoms with Crippen molar-refractivity contribution in [3.05, 3.63) is 39.7 Å². The zero-order valence-corrected chi connectivity index (χ0v) is 10.7. The number of non-ortho nitro benzene ring substituents is 1. The first-order chi connectivity index (χ1) is 9.13. The van der Waals surface area contributed by atoms with E-state index in [9.17, 15) is 14.5 Å². The fraction of sp³-hybridized carbons (Fsp3) is 0.500. The van der Waals surface area contributed by atoms with Crippen molar-refractivity contribution < 1.29 is 18.8 Å². The van der Waals surface area contributed by atoms with Gasteiger partial charge in [-0.1, -0.05) is 0 Å². The summed E-state index contributed by atoms with van der Waals surface area (Å²) in [5.41, 5.74) is 0.289. The molecule has 106 valence electrons. The number of nitro benzene ring substituents is 1. The van der Waals surface area contributed by atoms with E-state index in [0.717, 1.165) is 6.07 Å². The maximum absolute atomic E-state index is 13.1. The Morgan fingerprint density at radius 3 is 2.79 bits per heavy atom. The van der Waals surface area contributed by atoms with Gasteiger partial charge in [0.1, 0.15) is 5.82 Å². The Morgan fingerprint density at radius 2 is 2.11 bits per heavy atom. The molecule has 1 N–H and O–H groups in total. The van der Waals surface area contributed by atoms with E-state index < -0.39 is 10.7 Å². The molecule has 7 heteroatoms. The third kappa shape index (κ3) is 6.23. The minimum atomic E-state index is -0.611. The molecule has 0 bridgehead atoms. The van der Waals surface area contributed by atoms with E-state index >= 15 is 0 Å². The van der Waals surface area contributed by atoms with Crippen molar-refractivity contribution in [3.63, 3.8) is 0 Å². The summed E-state index contributed by atoms with van der Waals surface area (Å²) in [6, 6.07) is 3.52. The molecule has 0 unspecified atom stereocenters. The highest BCUT2D eigenvalue weighted by Gasteiger charge is 2.09. The van der Waals surface area contributed by atoms with Crippen LogP contribution in [0.5, 0.6) is 0 Å². The molecule has 1 aromatic carbocycles. The first-order valence-corrected chi connectivity index (χ1v) is 5.84. The summed E-state index contributed by atoms with van der Waals surface area (Å²) in [7, 11) is 1.60. The lowest BCUT2D eigenvalue weighted by atomic mass is 10.2. The van der Waals surface area contributed by atoms with Crippen molar-refractivity contribution in [1.82, 2.24) is 5.32 Å². The number of nitrogens with one attached hydrogen (secondary N) is 1. The van der Waals surface area contributed by atoms with E-state index in [2.05, 4.69) is 5.32 Å². The average Bonchev–Trinajstić information content (AvgIpc) is 2.37. The summed E-state index contributed by atoms with van der Waals surface area (Å²) < 4.78 is 23.2. The van der Waals surface area contributed by atoms with Crippen LogP contribution in [0.3, 0.4) is 0 Å². The van der Waals surface area contributed by atoms with Gasteiger partial charge >= 0.3 is 0 Å². The van der Waals surface area contributed by atoms with Crippen molar-refractivity contribution >= 4 is 5.69 Å². The monoisotopic (exact) mass is 272 g/mol. The predicted octanol–water partition coefficient (Wildman–Crippen LogP) is 1.49. The second-order valence-corrected chi connectivity index (χ2v) is 3.86. The van der Waals surface area contributed by atoms with Crippen LogP contribution in [-0.2, 0) is 16.0 Å². The zero-order chi connectivity index (χ0) is 14.1. The molecule has 0 spiro atoms. The Morgan fingerprint density at radius 1 is 1.32 bits per heavy atom. The minimum absolute atomic E-state index is 0.242. The summed E-state index contributed by atoms with van der Waals surface area (Å²) in [4.78, 5) is 9.96. The van der Waals surface area contributed by atoms with Gasteiger partial charge < -0.3 is 14.8 Å². The van der Waals surface area contributed by atoms with Crippen LogP contribution in [0, 0.1) is 15.9 Å². The van der Waals surface area contributed by atoms with Crippen LogP contribution < -0.4 is 5.32 Å². The number of methoxy groups -OCH3 is 1. The average molecular weight is 272 g/mol. The maximum Gasteiger partial charge on any atom is 0.272 e. The van der Waals surface area contributed by atoms with Gasteiger partial charge in [0.05, 0.1) is 30.8 Å². The Bertz CT molecular complexity index is 415. The highest BCUT2D eigenvalue weighted by Crippen LogP contribution is 2.15. The molecule has 0 amide bonds. The molecule has 0 atom stereocenters. The zero-order valence-electron chi connectivity index (χ0n) is 10.7. The third-order valence-electron chi connectivity index (χ3n) is 2.34.